The van der Waals surface area contributed by atoms with Gasteiger partial charge in [-0.2, -0.15) is 0 Å². The number of non-ortho nitro benzene ring substituents is 1. The molecule has 0 saturated heterocycles. The Hall–Kier alpha value is -3.48. The minimum absolute atomic E-state index is 0.0355. The lowest BCUT2D eigenvalue weighted by molar-refractivity contribution is -0.384. The summed E-state index contributed by atoms with van der Waals surface area (Å²) in [7, 11) is 1.47. The molecule has 0 spiro atoms. The maximum Gasteiger partial charge on any atom is 0.273 e. The molecular formula is C19H18N4O3. The lowest BCUT2D eigenvalue weighted by Crippen LogP contribution is -2.01. The number of hydrogen-bond donors (Lipinski definition) is 1. The van der Waals surface area contributed by atoms with Crippen LogP contribution in [0.25, 0.3) is 11.3 Å². The highest BCUT2D eigenvalue weighted by molar-refractivity contribution is 5.70. The van der Waals surface area contributed by atoms with Gasteiger partial charge in [-0.25, -0.2) is 9.97 Å². The van der Waals surface area contributed by atoms with Crippen molar-refractivity contribution in [1.29, 1.82) is 0 Å². The summed E-state index contributed by atoms with van der Waals surface area (Å²) < 4.78 is 5.26. The molecule has 7 heteroatoms. The smallest absolute Gasteiger partial charge is 0.273 e. The Bertz CT molecular complexity index is 955. The number of nitro groups is 1. The van der Waals surface area contributed by atoms with Gasteiger partial charge in [0.15, 0.2) is 0 Å². The third-order valence-corrected chi connectivity index (χ3v) is 3.84. The van der Waals surface area contributed by atoms with Gasteiger partial charge in [0.1, 0.15) is 17.4 Å². The van der Waals surface area contributed by atoms with Crippen LogP contribution in [0.3, 0.4) is 0 Å². The van der Waals surface area contributed by atoms with Crippen LogP contribution in [0, 0.1) is 24.0 Å². The summed E-state index contributed by atoms with van der Waals surface area (Å²) in [5, 5.41) is 14.1. The molecule has 1 aromatic heterocycles. The van der Waals surface area contributed by atoms with Crippen LogP contribution in [-0.4, -0.2) is 22.0 Å². The number of ether oxygens (including phenoxy) is 1. The summed E-state index contributed by atoms with van der Waals surface area (Å²) in [5.41, 5.74) is 3.51. The first-order chi connectivity index (χ1) is 12.5. The molecule has 0 atom stereocenters. The highest BCUT2D eigenvalue weighted by Gasteiger charge is 2.13. The standard InChI is InChI=1S/C19H18N4O3/c1-12-4-6-14(7-5-12)17-11-19(21-13(2)20-17)22-16-9-8-15(23(24)25)10-18(16)26-3/h4-11H,1-3H3,(H,20,21,22). The van der Waals surface area contributed by atoms with Crippen LogP contribution < -0.4 is 10.1 Å². The van der Waals surface area contributed by atoms with E-state index in [1.54, 1.807) is 6.07 Å². The Morgan fingerprint density at radius 1 is 1.04 bits per heavy atom. The molecule has 0 saturated carbocycles. The number of aromatic nitrogens is 2. The molecule has 0 aliphatic carbocycles. The van der Waals surface area contributed by atoms with Gasteiger partial charge >= 0.3 is 0 Å². The van der Waals surface area contributed by atoms with Gasteiger partial charge in [-0.15, -0.1) is 0 Å². The molecular weight excluding hydrogens is 332 g/mol. The fourth-order valence-electron chi connectivity index (χ4n) is 2.54. The van der Waals surface area contributed by atoms with Crippen molar-refractivity contribution < 1.29 is 9.66 Å². The normalized spacial score (nSPS) is 10.4. The number of methoxy groups -OCH3 is 1. The van der Waals surface area contributed by atoms with Gasteiger partial charge in [-0.3, -0.25) is 10.1 Å². The van der Waals surface area contributed by atoms with Crippen LogP contribution in [0.5, 0.6) is 5.75 Å². The number of benzene rings is 2. The van der Waals surface area contributed by atoms with Crippen molar-refractivity contribution in [3.8, 4) is 17.0 Å². The summed E-state index contributed by atoms with van der Waals surface area (Å²) in [4.78, 5) is 19.3. The molecule has 2 aromatic carbocycles. The summed E-state index contributed by atoms with van der Waals surface area (Å²) in [6, 6.07) is 14.3. The molecule has 0 aliphatic rings. The van der Waals surface area contributed by atoms with E-state index in [0.29, 0.717) is 23.1 Å². The van der Waals surface area contributed by atoms with Crippen molar-refractivity contribution in [2.45, 2.75) is 13.8 Å². The molecule has 1 N–H and O–H groups in total. The van der Waals surface area contributed by atoms with Crippen LogP contribution in [0.1, 0.15) is 11.4 Å². The zero-order valence-electron chi connectivity index (χ0n) is 14.7. The van der Waals surface area contributed by atoms with Crippen LogP contribution in [0.4, 0.5) is 17.2 Å². The topological polar surface area (TPSA) is 90.2 Å². The van der Waals surface area contributed by atoms with Gasteiger partial charge in [0, 0.05) is 17.7 Å². The Morgan fingerprint density at radius 2 is 1.77 bits per heavy atom. The molecule has 7 nitrogen and oxygen atoms in total. The van der Waals surface area contributed by atoms with Crippen molar-refractivity contribution in [3.05, 3.63) is 70.0 Å². The van der Waals surface area contributed by atoms with Gasteiger partial charge in [0.2, 0.25) is 0 Å². The van der Waals surface area contributed by atoms with Crippen LogP contribution >= 0.6 is 0 Å². The van der Waals surface area contributed by atoms with Gasteiger partial charge in [0.05, 0.1) is 29.5 Å². The molecule has 1 heterocycles. The third-order valence-electron chi connectivity index (χ3n) is 3.84. The Kier molecular flexibility index (Phi) is 4.79. The first-order valence-electron chi connectivity index (χ1n) is 7.98. The largest absolute Gasteiger partial charge is 0.494 e. The van der Waals surface area contributed by atoms with Crippen LogP contribution in [0.15, 0.2) is 48.5 Å². The molecule has 0 unspecified atom stereocenters. The molecule has 0 amide bonds. The molecule has 0 fully saturated rings. The number of aryl methyl sites for hydroxylation is 2. The average Bonchev–Trinajstić information content (AvgIpc) is 2.62. The number of nitrogens with zero attached hydrogens (tertiary/aromatic N) is 3. The van der Waals surface area contributed by atoms with E-state index in [2.05, 4.69) is 15.3 Å². The predicted octanol–water partition coefficient (Wildman–Crippen LogP) is 4.42. The van der Waals surface area contributed by atoms with E-state index < -0.39 is 4.92 Å². The van der Waals surface area contributed by atoms with Gasteiger partial charge in [0.25, 0.3) is 5.69 Å². The highest BCUT2D eigenvalue weighted by Crippen LogP contribution is 2.31. The maximum atomic E-state index is 10.9. The van der Waals surface area contributed by atoms with E-state index in [0.717, 1.165) is 11.3 Å². The van der Waals surface area contributed by atoms with Crippen molar-refractivity contribution in [3.63, 3.8) is 0 Å². The zero-order valence-corrected chi connectivity index (χ0v) is 14.7. The van der Waals surface area contributed by atoms with Crippen molar-refractivity contribution in [1.82, 2.24) is 9.97 Å². The number of rotatable bonds is 5. The lowest BCUT2D eigenvalue weighted by atomic mass is 10.1. The minimum atomic E-state index is -0.462. The molecule has 26 heavy (non-hydrogen) atoms. The van der Waals surface area contributed by atoms with Gasteiger partial charge in [-0.05, 0) is 19.9 Å². The number of nitrogens with one attached hydrogen (secondary N) is 1. The molecule has 132 valence electrons. The highest BCUT2D eigenvalue weighted by atomic mass is 16.6. The van der Waals surface area contributed by atoms with E-state index in [-0.39, 0.29) is 5.69 Å². The quantitative estimate of drug-likeness (QED) is 0.541. The summed E-state index contributed by atoms with van der Waals surface area (Å²) in [6.07, 6.45) is 0. The maximum absolute atomic E-state index is 10.9. The van der Waals surface area contributed by atoms with Crippen molar-refractivity contribution in [2.75, 3.05) is 12.4 Å². The molecule has 0 bridgehead atoms. The SMILES string of the molecule is COc1cc([N+](=O)[O-])ccc1Nc1cc(-c2ccc(C)cc2)nc(C)n1. The first kappa shape index (κ1) is 17.3. The molecule has 3 aromatic rings. The van der Waals surface area contributed by atoms with Crippen molar-refractivity contribution in [2.24, 2.45) is 0 Å². The Labute approximate surface area is 150 Å². The van der Waals surface area contributed by atoms with Crippen molar-refractivity contribution >= 4 is 17.2 Å². The van der Waals surface area contributed by atoms with Crippen LogP contribution in [-0.2, 0) is 0 Å². The fourth-order valence-corrected chi connectivity index (χ4v) is 2.54. The Morgan fingerprint density at radius 3 is 2.42 bits per heavy atom. The number of hydrogen-bond acceptors (Lipinski definition) is 6. The van der Waals surface area contributed by atoms with E-state index >= 15 is 0 Å². The first-order valence-corrected chi connectivity index (χ1v) is 7.98. The lowest BCUT2D eigenvalue weighted by Gasteiger charge is -2.12. The van der Waals surface area contributed by atoms with E-state index in [9.17, 15) is 10.1 Å². The number of nitro benzene ring substituents is 1. The summed E-state index contributed by atoms with van der Waals surface area (Å²) in [6.45, 7) is 3.85. The number of anilines is 2. The second-order valence-corrected chi connectivity index (χ2v) is 5.82. The minimum Gasteiger partial charge on any atom is -0.494 e. The Balaban J connectivity index is 1.95. The average molecular weight is 350 g/mol. The van der Waals surface area contributed by atoms with Gasteiger partial charge < -0.3 is 10.1 Å². The monoisotopic (exact) mass is 350 g/mol. The summed E-state index contributed by atoms with van der Waals surface area (Å²) >= 11 is 0. The van der Waals surface area contributed by atoms with Crippen LogP contribution in [0.2, 0.25) is 0 Å². The van der Waals surface area contributed by atoms with Gasteiger partial charge in [-0.1, -0.05) is 29.8 Å². The van der Waals surface area contributed by atoms with E-state index in [1.807, 2.05) is 44.2 Å². The molecule has 0 radical (unpaired) electrons. The second-order valence-electron chi connectivity index (χ2n) is 5.82. The second kappa shape index (κ2) is 7.18. The molecule has 3 rings (SSSR count). The van der Waals surface area contributed by atoms with E-state index in [4.69, 9.17) is 4.74 Å². The van der Waals surface area contributed by atoms with E-state index in [1.165, 1.54) is 24.8 Å². The third kappa shape index (κ3) is 3.77. The predicted molar refractivity (Wildman–Crippen MR) is 99.9 cm³/mol. The fraction of sp³-hybridized carbons (Fsp3) is 0.158. The zero-order chi connectivity index (χ0) is 18.7. The summed E-state index contributed by atoms with van der Waals surface area (Å²) in [5.74, 6) is 1.57. The molecule has 0 aliphatic heterocycles.